The molecular weight excluding hydrogens is 266 g/mol. The summed E-state index contributed by atoms with van der Waals surface area (Å²) in [5.74, 6) is 0.0387. The van der Waals surface area contributed by atoms with Gasteiger partial charge < -0.3 is 15.5 Å². The number of carbonyl (C=O) groups excluding carboxylic acids is 2. The molecule has 0 radical (unpaired) electrons. The van der Waals surface area contributed by atoms with Crippen molar-refractivity contribution in [2.24, 2.45) is 0 Å². The maximum atomic E-state index is 13.1. The van der Waals surface area contributed by atoms with E-state index in [2.05, 4.69) is 10.6 Å². The highest BCUT2D eigenvalue weighted by molar-refractivity contribution is 5.92. The van der Waals surface area contributed by atoms with E-state index in [1.807, 2.05) is 30.3 Å². The molecule has 0 aromatic heterocycles. The molecule has 2 saturated heterocycles. The number of rotatable bonds is 2. The van der Waals surface area contributed by atoms with Gasteiger partial charge in [-0.2, -0.15) is 0 Å². The highest BCUT2D eigenvalue weighted by atomic mass is 16.2. The van der Waals surface area contributed by atoms with Crippen molar-refractivity contribution < 1.29 is 9.59 Å². The van der Waals surface area contributed by atoms with Crippen LogP contribution in [0.4, 0.5) is 0 Å². The third-order valence-electron chi connectivity index (χ3n) is 4.52. The first-order valence-electron chi connectivity index (χ1n) is 7.55. The van der Waals surface area contributed by atoms with Crippen molar-refractivity contribution in [3.05, 3.63) is 35.9 Å². The molecule has 2 amide bonds. The molecule has 2 aliphatic rings. The number of hydrogen-bond acceptors (Lipinski definition) is 3. The Balaban J connectivity index is 1.92. The summed E-state index contributed by atoms with van der Waals surface area (Å²) in [5.41, 5.74) is 0.590. The highest BCUT2D eigenvalue weighted by Gasteiger charge is 2.44. The van der Waals surface area contributed by atoms with Gasteiger partial charge in [-0.25, -0.2) is 0 Å². The Hall–Kier alpha value is -1.88. The highest BCUT2D eigenvalue weighted by Crippen LogP contribution is 2.35. The molecule has 5 heteroatoms. The lowest BCUT2D eigenvalue weighted by molar-refractivity contribution is -0.143. The Kier molecular flexibility index (Phi) is 3.92. The molecule has 112 valence electrons. The zero-order valence-electron chi connectivity index (χ0n) is 12.1. The second-order valence-corrected chi connectivity index (χ2v) is 5.77. The lowest BCUT2D eigenvalue weighted by Gasteiger charge is -2.41. The minimum atomic E-state index is -0.482. The van der Waals surface area contributed by atoms with Crippen LogP contribution in [-0.2, 0) is 15.0 Å². The Morgan fingerprint density at radius 2 is 1.81 bits per heavy atom. The van der Waals surface area contributed by atoms with Gasteiger partial charge in [-0.3, -0.25) is 9.59 Å². The van der Waals surface area contributed by atoms with E-state index < -0.39 is 5.41 Å². The van der Waals surface area contributed by atoms with Gasteiger partial charge in [0, 0.05) is 13.1 Å². The first kappa shape index (κ1) is 14.1. The van der Waals surface area contributed by atoms with Crippen molar-refractivity contribution >= 4 is 11.8 Å². The van der Waals surface area contributed by atoms with Crippen molar-refractivity contribution in [1.82, 2.24) is 15.5 Å². The molecule has 0 spiro atoms. The Labute approximate surface area is 124 Å². The molecule has 0 saturated carbocycles. The number of piperazine rings is 1. The topological polar surface area (TPSA) is 61.4 Å². The lowest BCUT2D eigenvalue weighted by Crippen LogP contribution is -2.57. The fourth-order valence-electron chi connectivity index (χ4n) is 3.35. The number of piperidine rings is 1. The van der Waals surface area contributed by atoms with E-state index in [4.69, 9.17) is 0 Å². The zero-order valence-corrected chi connectivity index (χ0v) is 12.1. The van der Waals surface area contributed by atoms with Gasteiger partial charge in [0.2, 0.25) is 11.8 Å². The predicted octanol–water partition coefficient (Wildman–Crippen LogP) is 0.266. The quantitative estimate of drug-likeness (QED) is 0.820. The van der Waals surface area contributed by atoms with Crippen LogP contribution in [-0.4, -0.2) is 49.4 Å². The van der Waals surface area contributed by atoms with Crippen molar-refractivity contribution in [2.75, 3.05) is 32.7 Å². The zero-order chi connectivity index (χ0) is 14.7. The monoisotopic (exact) mass is 287 g/mol. The van der Waals surface area contributed by atoms with Crippen molar-refractivity contribution in [1.29, 1.82) is 0 Å². The first-order chi connectivity index (χ1) is 10.2. The normalized spacial score (nSPS) is 21.7. The number of carbonyl (C=O) groups is 2. The molecule has 0 bridgehead atoms. The summed E-state index contributed by atoms with van der Waals surface area (Å²) in [4.78, 5) is 26.4. The Morgan fingerprint density at radius 3 is 2.48 bits per heavy atom. The van der Waals surface area contributed by atoms with E-state index in [9.17, 15) is 9.59 Å². The summed E-state index contributed by atoms with van der Waals surface area (Å²) in [6, 6.07) is 10.0. The van der Waals surface area contributed by atoms with Gasteiger partial charge in [-0.15, -0.1) is 0 Å². The average Bonchev–Trinajstić information content (AvgIpc) is 2.55. The summed E-state index contributed by atoms with van der Waals surface area (Å²) in [7, 11) is 0. The number of nitrogens with zero attached hydrogens (tertiary/aromatic N) is 1. The van der Waals surface area contributed by atoms with Crippen LogP contribution in [0.5, 0.6) is 0 Å². The third-order valence-corrected chi connectivity index (χ3v) is 4.52. The fraction of sp³-hybridized carbons (Fsp3) is 0.500. The van der Waals surface area contributed by atoms with Crippen molar-refractivity contribution in [2.45, 2.75) is 18.3 Å². The van der Waals surface area contributed by atoms with Gasteiger partial charge in [0.05, 0.1) is 12.0 Å². The van der Waals surface area contributed by atoms with E-state index in [1.165, 1.54) is 0 Å². The standard InChI is InChI=1S/C16H21N3O2/c20-14-12-19(11-10-18-14)15(21)16(6-8-17-9-7-16)13-4-2-1-3-5-13/h1-5,17H,6-12H2,(H,18,20). The number of amides is 2. The molecule has 1 aromatic rings. The van der Waals surface area contributed by atoms with Gasteiger partial charge in [0.25, 0.3) is 0 Å². The fourth-order valence-corrected chi connectivity index (χ4v) is 3.35. The predicted molar refractivity (Wildman–Crippen MR) is 79.8 cm³/mol. The Morgan fingerprint density at radius 1 is 1.10 bits per heavy atom. The van der Waals surface area contributed by atoms with Crippen LogP contribution >= 0.6 is 0 Å². The van der Waals surface area contributed by atoms with E-state index in [0.29, 0.717) is 13.1 Å². The van der Waals surface area contributed by atoms with E-state index in [-0.39, 0.29) is 18.4 Å². The van der Waals surface area contributed by atoms with Gasteiger partial charge in [-0.1, -0.05) is 30.3 Å². The first-order valence-corrected chi connectivity index (χ1v) is 7.55. The maximum Gasteiger partial charge on any atom is 0.239 e. The van der Waals surface area contributed by atoms with Crippen LogP contribution in [0.2, 0.25) is 0 Å². The molecule has 0 aliphatic carbocycles. The molecule has 1 aromatic carbocycles. The molecule has 0 unspecified atom stereocenters. The summed E-state index contributed by atoms with van der Waals surface area (Å²) < 4.78 is 0. The smallest absolute Gasteiger partial charge is 0.239 e. The molecule has 0 atom stereocenters. The maximum absolute atomic E-state index is 13.1. The molecule has 2 N–H and O–H groups in total. The summed E-state index contributed by atoms with van der Waals surface area (Å²) in [6.45, 7) is 3.00. The molecular formula is C16H21N3O2. The summed E-state index contributed by atoms with van der Waals surface area (Å²) in [5, 5.41) is 6.10. The third kappa shape index (κ3) is 2.65. The molecule has 2 heterocycles. The van der Waals surface area contributed by atoms with Gasteiger partial charge >= 0.3 is 0 Å². The van der Waals surface area contributed by atoms with Crippen LogP contribution in [0.3, 0.4) is 0 Å². The minimum absolute atomic E-state index is 0.0632. The molecule has 2 aliphatic heterocycles. The molecule has 5 nitrogen and oxygen atoms in total. The second-order valence-electron chi connectivity index (χ2n) is 5.77. The average molecular weight is 287 g/mol. The van der Waals surface area contributed by atoms with Crippen LogP contribution in [0.15, 0.2) is 30.3 Å². The van der Waals surface area contributed by atoms with Crippen molar-refractivity contribution in [3.8, 4) is 0 Å². The van der Waals surface area contributed by atoms with Crippen LogP contribution in [0, 0.1) is 0 Å². The van der Waals surface area contributed by atoms with E-state index >= 15 is 0 Å². The van der Waals surface area contributed by atoms with Gasteiger partial charge in [0.15, 0.2) is 0 Å². The SMILES string of the molecule is O=C1CN(C(=O)C2(c3ccccc3)CCNCC2)CCN1. The molecule has 2 fully saturated rings. The van der Waals surface area contributed by atoms with Crippen LogP contribution in [0.25, 0.3) is 0 Å². The van der Waals surface area contributed by atoms with Crippen molar-refractivity contribution in [3.63, 3.8) is 0 Å². The summed E-state index contributed by atoms with van der Waals surface area (Å²) >= 11 is 0. The largest absolute Gasteiger partial charge is 0.353 e. The Bertz CT molecular complexity index is 524. The second kappa shape index (κ2) is 5.85. The van der Waals surface area contributed by atoms with E-state index in [0.717, 1.165) is 31.5 Å². The van der Waals surface area contributed by atoms with Crippen LogP contribution < -0.4 is 10.6 Å². The minimum Gasteiger partial charge on any atom is -0.353 e. The number of nitrogens with one attached hydrogen (secondary N) is 2. The van der Waals surface area contributed by atoms with Crippen LogP contribution in [0.1, 0.15) is 18.4 Å². The number of benzene rings is 1. The molecule has 3 rings (SSSR count). The van der Waals surface area contributed by atoms with Gasteiger partial charge in [-0.05, 0) is 31.5 Å². The molecule has 21 heavy (non-hydrogen) atoms. The van der Waals surface area contributed by atoms with Gasteiger partial charge in [0.1, 0.15) is 0 Å². The van der Waals surface area contributed by atoms with E-state index in [1.54, 1.807) is 4.90 Å². The lowest BCUT2D eigenvalue weighted by atomic mass is 9.72. The summed E-state index contributed by atoms with van der Waals surface area (Å²) in [6.07, 6.45) is 1.57. The number of hydrogen-bond donors (Lipinski definition) is 2.